The first kappa shape index (κ1) is 10.1. The number of fused-ring (bicyclic) bond motifs is 1. The Hall–Kier alpha value is -1.46. The maximum Gasteiger partial charge on any atom is 0.314 e. The van der Waals surface area contributed by atoms with Gasteiger partial charge in [-0.05, 0) is 6.07 Å². The van der Waals surface area contributed by atoms with Crippen molar-refractivity contribution in [2.45, 2.75) is 0 Å². The smallest absolute Gasteiger partial charge is 0.314 e. The van der Waals surface area contributed by atoms with Crippen molar-refractivity contribution in [2.75, 3.05) is 10.6 Å². The number of nitro benzene ring substituents is 1. The van der Waals surface area contributed by atoms with Gasteiger partial charge in [0, 0.05) is 12.4 Å². The van der Waals surface area contributed by atoms with Gasteiger partial charge in [0.05, 0.1) is 15.6 Å². The van der Waals surface area contributed by atoms with E-state index in [9.17, 15) is 10.1 Å². The zero-order valence-corrected chi connectivity index (χ0v) is 8.76. The van der Waals surface area contributed by atoms with Crippen molar-refractivity contribution >= 4 is 40.3 Å². The summed E-state index contributed by atoms with van der Waals surface area (Å²) >= 11 is 11.5. The standard InChI is InChI=1S/C8H5Cl2N3O2/c9-4-3-5-7(12-2-1-11-5)8(6(4)10)13(14)15/h1-3,11-12H. The number of hydrogen-bond donors (Lipinski definition) is 2. The molecule has 2 N–H and O–H groups in total. The largest absolute Gasteiger partial charge is 0.358 e. The molecule has 1 aliphatic heterocycles. The average Bonchev–Trinajstić information content (AvgIpc) is 2.19. The van der Waals surface area contributed by atoms with Gasteiger partial charge in [0.2, 0.25) is 0 Å². The molecular formula is C8H5Cl2N3O2. The number of halogens is 2. The van der Waals surface area contributed by atoms with E-state index in [1.54, 1.807) is 12.4 Å². The highest BCUT2D eigenvalue weighted by atomic mass is 35.5. The molecule has 0 spiro atoms. The van der Waals surface area contributed by atoms with Crippen LogP contribution in [0.2, 0.25) is 10.0 Å². The zero-order valence-electron chi connectivity index (χ0n) is 7.25. The average molecular weight is 246 g/mol. The second kappa shape index (κ2) is 3.60. The molecule has 0 fully saturated rings. The third-order valence-corrected chi connectivity index (χ3v) is 2.70. The van der Waals surface area contributed by atoms with Crippen LogP contribution in [0.25, 0.3) is 0 Å². The van der Waals surface area contributed by atoms with Gasteiger partial charge in [-0.2, -0.15) is 0 Å². The summed E-state index contributed by atoms with van der Waals surface area (Å²) in [5, 5.41) is 16.5. The molecule has 1 aromatic carbocycles. The summed E-state index contributed by atoms with van der Waals surface area (Å²) in [7, 11) is 0. The van der Waals surface area contributed by atoms with Crippen molar-refractivity contribution in [3.63, 3.8) is 0 Å². The van der Waals surface area contributed by atoms with Gasteiger partial charge in [0.1, 0.15) is 10.7 Å². The molecule has 2 rings (SSSR count). The zero-order chi connectivity index (χ0) is 11.0. The lowest BCUT2D eigenvalue weighted by molar-refractivity contribution is -0.383. The number of hydrogen-bond acceptors (Lipinski definition) is 4. The molecule has 0 saturated carbocycles. The second-order valence-electron chi connectivity index (χ2n) is 2.82. The summed E-state index contributed by atoms with van der Waals surface area (Å²) in [6.07, 6.45) is 3.15. The minimum atomic E-state index is -0.569. The van der Waals surface area contributed by atoms with Crippen LogP contribution in [0.3, 0.4) is 0 Å². The number of rotatable bonds is 1. The van der Waals surface area contributed by atoms with Gasteiger partial charge in [0.25, 0.3) is 0 Å². The molecule has 0 bridgehead atoms. The third-order valence-electron chi connectivity index (χ3n) is 1.93. The van der Waals surface area contributed by atoms with E-state index in [-0.39, 0.29) is 15.7 Å². The monoisotopic (exact) mass is 245 g/mol. The molecule has 0 aromatic heterocycles. The molecule has 15 heavy (non-hydrogen) atoms. The molecule has 0 amide bonds. The molecule has 0 aliphatic carbocycles. The summed E-state index contributed by atoms with van der Waals surface area (Å²) in [5.41, 5.74) is 0.617. The number of anilines is 2. The number of nitrogens with one attached hydrogen (secondary N) is 2. The molecule has 1 heterocycles. The first-order valence-electron chi connectivity index (χ1n) is 3.95. The SMILES string of the molecule is O=[N+]([O-])c1c(Cl)c(Cl)cc2c1NC=CN2. The van der Waals surface area contributed by atoms with Crippen molar-refractivity contribution in [2.24, 2.45) is 0 Å². The summed E-state index contributed by atoms with van der Waals surface area (Å²) in [4.78, 5) is 10.2. The van der Waals surface area contributed by atoms with E-state index in [0.717, 1.165) is 0 Å². The molecule has 7 heteroatoms. The Bertz CT molecular complexity index is 473. The fourth-order valence-corrected chi connectivity index (χ4v) is 1.72. The summed E-state index contributed by atoms with van der Waals surface area (Å²) in [6.45, 7) is 0. The van der Waals surface area contributed by atoms with Crippen LogP contribution in [0, 0.1) is 10.1 Å². The lowest BCUT2D eigenvalue weighted by Gasteiger charge is -2.15. The maximum absolute atomic E-state index is 10.8. The van der Waals surface area contributed by atoms with E-state index in [4.69, 9.17) is 23.2 Å². The van der Waals surface area contributed by atoms with Crippen molar-refractivity contribution in [1.29, 1.82) is 0 Å². The van der Waals surface area contributed by atoms with Gasteiger partial charge in [-0.15, -0.1) is 0 Å². The van der Waals surface area contributed by atoms with Crippen LogP contribution in [-0.4, -0.2) is 4.92 Å². The van der Waals surface area contributed by atoms with Crippen molar-refractivity contribution < 1.29 is 4.92 Å². The second-order valence-corrected chi connectivity index (χ2v) is 3.61. The predicted octanol–water partition coefficient (Wildman–Crippen LogP) is 3.21. The lowest BCUT2D eigenvalue weighted by Crippen LogP contribution is -2.06. The lowest BCUT2D eigenvalue weighted by atomic mass is 10.2. The Balaban J connectivity index is 2.71. The van der Waals surface area contributed by atoms with Gasteiger partial charge in [-0.25, -0.2) is 0 Å². The highest BCUT2D eigenvalue weighted by Gasteiger charge is 2.25. The Morgan fingerprint density at radius 2 is 1.93 bits per heavy atom. The van der Waals surface area contributed by atoms with Gasteiger partial charge >= 0.3 is 5.69 Å². The van der Waals surface area contributed by atoms with Crippen LogP contribution in [0.1, 0.15) is 0 Å². The van der Waals surface area contributed by atoms with Crippen LogP contribution in [0.4, 0.5) is 17.1 Å². The fraction of sp³-hybridized carbons (Fsp3) is 0. The molecule has 0 saturated heterocycles. The van der Waals surface area contributed by atoms with E-state index >= 15 is 0 Å². The Morgan fingerprint density at radius 1 is 1.27 bits per heavy atom. The first-order valence-corrected chi connectivity index (χ1v) is 4.71. The summed E-state index contributed by atoms with van der Waals surface area (Å²) in [5.74, 6) is 0. The quantitative estimate of drug-likeness (QED) is 0.589. The highest BCUT2D eigenvalue weighted by molar-refractivity contribution is 6.44. The molecule has 0 radical (unpaired) electrons. The molecule has 0 atom stereocenters. The summed E-state index contributed by atoms with van der Waals surface area (Å²) < 4.78 is 0. The van der Waals surface area contributed by atoms with E-state index in [2.05, 4.69) is 10.6 Å². The molecule has 0 unspecified atom stereocenters. The third kappa shape index (κ3) is 1.60. The number of benzene rings is 1. The molecular weight excluding hydrogens is 241 g/mol. The minimum Gasteiger partial charge on any atom is -0.358 e. The first-order chi connectivity index (χ1) is 7.11. The molecule has 1 aliphatic rings. The van der Waals surface area contributed by atoms with Crippen LogP contribution in [0.5, 0.6) is 0 Å². The van der Waals surface area contributed by atoms with Crippen molar-refractivity contribution in [1.82, 2.24) is 0 Å². The highest BCUT2D eigenvalue weighted by Crippen LogP contribution is 2.44. The van der Waals surface area contributed by atoms with Crippen LogP contribution >= 0.6 is 23.2 Å². The van der Waals surface area contributed by atoms with Crippen LogP contribution in [0.15, 0.2) is 18.5 Å². The minimum absolute atomic E-state index is 0.0648. The normalized spacial score (nSPS) is 12.7. The van der Waals surface area contributed by atoms with E-state index in [1.807, 2.05) is 0 Å². The van der Waals surface area contributed by atoms with Gasteiger partial charge in [0.15, 0.2) is 0 Å². The molecule has 78 valence electrons. The predicted molar refractivity (Wildman–Crippen MR) is 59.5 cm³/mol. The van der Waals surface area contributed by atoms with Crippen LogP contribution < -0.4 is 10.6 Å². The van der Waals surface area contributed by atoms with Gasteiger partial charge in [-0.1, -0.05) is 23.2 Å². The fourth-order valence-electron chi connectivity index (χ4n) is 1.30. The Morgan fingerprint density at radius 3 is 2.60 bits per heavy atom. The van der Waals surface area contributed by atoms with Crippen molar-refractivity contribution in [3.05, 3.63) is 38.6 Å². The molecule has 5 nitrogen and oxygen atoms in total. The maximum atomic E-state index is 10.8. The van der Waals surface area contributed by atoms with E-state index in [0.29, 0.717) is 11.4 Å². The van der Waals surface area contributed by atoms with Gasteiger partial charge < -0.3 is 10.6 Å². The Labute approximate surface area is 94.8 Å². The van der Waals surface area contributed by atoms with E-state index in [1.165, 1.54) is 6.07 Å². The Kier molecular flexibility index (Phi) is 2.42. The number of nitrogens with zero attached hydrogens (tertiary/aromatic N) is 1. The van der Waals surface area contributed by atoms with Gasteiger partial charge in [-0.3, -0.25) is 10.1 Å². The topological polar surface area (TPSA) is 67.2 Å². The van der Waals surface area contributed by atoms with E-state index < -0.39 is 4.92 Å². The molecule has 1 aromatic rings. The number of nitro groups is 1. The van der Waals surface area contributed by atoms with Crippen molar-refractivity contribution in [3.8, 4) is 0 Å². The summed E-state index contributed by atoms with van der Waals surface area (Å²) in [6, 6.07) is 1.53. The van der Waals surface area contributed by atoms with Crippen LogP contribution in [-0.2, 0) is 0 Å².